The second kappa shape index (κ2) is 9.11. The number of amides is 1. The van der Waals surface area contributed by atoms with Crippen LogP contribution in [0.25, 0.3) is 0 Å². The summed E-state index contributed by atoms with van der Waals surface area (Å²) >= 11 is 6.32. The van der Waals surface area contributed by atoms with Crippen molar-refractivity contribution in [1.82, 2.24) is 14.9 Å². The minimum Gasteiger partial charge on any atom is -0.353 e. The summed E-state index contributed by atoms with van der Waals surface area (Å²) in [5.74, 6) is 2.11. The van der Waals surface area contributed by atoms with Gasteiger partial charge >= 0.3 is 0 Å². The van der Waals surface area contributed by atoms with Gasteiger partial charge in [0.15, 0.2) is 0 Å². The average molecular weight is 445 g/mol. The van der Waals surface area contributed by atoms with Crippen LogP contribution in [0.3, 0.4) is 0 Å². The summed E-state index contributed by atoms with van der Waals surface area (Å²) < 4.78 is 14.5. The van der Waals surface area contributed by atoms with Crippen LogP contribution in [0.15, 0.2) is 18.2 Å². The van der Waals surface area contributed by atoms with Crippen molar-refractivity contribution in [2.75, 3.05) is 31.1 Å². The third-order valence-corrected chi connectivity index (χ3v) is 6.85. The fourth-order valence-electron chi connectivity index (χ4n) is 4.08. The van der Waals surface area contributed by atoms with E-state index in [1.54, 1.807) is 12.1 Å². The van der Waals surface area contributed by atoms with Crippen molar-refractivity contribution in [3.63, 3.8) is 0 Å². The minimum absolute atomic E-state index is 0.237. The number of aromatic nitrogens is 2. The van der Waals surface area contributed by atoms with Crippen LogP contribution in [-0.2, 0) is 11.2 Å². The van der Waals surface area contributed by atoms with Crippen molar-refractivity contribution in [3.8, 4) is 0 Å². The quantitative estimate of drug-likeness (QED) is 0.645. The third kappa shape index (κ3) is 4.69. The first kappa shape index (κ1) is 22.0. The van der Waals surface area contributed by atoms with Crippen molar-refractivity contribution in [1.29, 1.82) is 0 Å². The van der Waals surface area contributed by atoms with Gasteiger partial charge in [0.05, 0.1) is 0 Å². The lowest BCUT2D eigenvalue weighted by Gasteiger charge is -2.37. The highest BCUT2D eigenvalue weighted by Crippen LogP contribution is 2.33. The van der Waals surface area contributed by atoms with Crippen molar-refractivity contribution >= 4 is 23.3 Å². The van der Waals surface area contributed by atoms with Gasteiger partial charge in [-0.3, -0.25) is 4.79 Å². The maximum Gasteiger partial charge on any atom is 0.225 e. The number of aryl methyl sites for hydroxylation is 1. The molecule has 2 aromatic rings. The number of halogens is 2. The Hall–Kier alpha value is -2.21. The zero-order valence-electron chi connectivity index (χ0n) is 18.5. The van der Waals surface area contributed by atoms with Gasteiger partial charge in [0.2, 0.25) is 5.91 Å². The average Bonchev–Trinajstić information content (AvgIpc) is 3.61. The first-order valence-corrected chi connectivity index (χ1v) is 11.6. The lowest BCUT2D eigenvalue weighted by molar-refractivity contribution is -0.132. The number of carbonyl (C=O) groups is 1. The summed E-state index contributed by atoms with van der Waals surface area (Å²) in [6.07, 6.45) is 3.33. The van der Waals surface area contributed by atoms with Crippen molar-refractivity contribution in [3.05, 3.63) is 51.7 Å². The molecule has 4 rings (SSSR count). The first-order valence-electron chi connectivity index (χ1n) is 11.2. The summed E-state index contributed by atoms with van der Waals surface area (Å²) in [4.78, 5) is 26.4. The highest BCUT2D eigenvalue weighted by atomic mass is 35.5. The monoisotopic (exact) mass is 444 g/mol. The Balaban J connectivity index is 1.65. The van der Waals surface area contributed by atoms with Crippen LogP contribution in [-0.4, -0.2) is 47.0 Å². The predicted octanol–water partition coefficient (Wildman–Crippen LogP) is 4.74. The van der Waals surface area contributed by atoms with Gasteiger partial charge in [-0.2, -0.15) is 0 Å². The second-order valence-corrected chi connectivity index (χ2v) is 9.15. The van der Waals surface area contributed by atoms with E-state index in [0.717, 1.165) is 42.2 Å². The number of hydrogen-bond acceptors (Lipinski definition) is 4. The van der Waals surface area contributed by atoms with Crippen LogP contribution in [0.4, 0.5) is 10.2 Å². The zero-order chi connectivity index (χ0) is 22.1. The fourth-order valence-corrected chi connectivity index (χ4v) is 4.31. The van der Waals surface area contributed by atoms with Gasteiger partial charge in [0.1, 0.15) is 17.5 Å². The van der Waals surface area contributed by atoms with Gasteiger partial charge in [-0.1, -0.05) is 31.5 Å². The van der Waals surface area contributed by atoms with Crippen LogP contribution < -0.4 is 4.90 Å². The van der Waals surface area contributed by atoms with Crippen LogP contribution in [0.5, 0.6) is 0 Å². The van der Waals surface area contributed by atoms with E-state index in [-0.39, 0.29) is 23.6 Å². The molecule has 2 heterocycles. The highest BCUT2D eigenvalue weighted by Gasteiger charge is 2.35. The smallest absolute Gasteiger partial charge is 0.225 e. The lowest BCUT2D eigenvalue weighted by atomic mass is 10.0. The van der Waals surface area contributed by atoms with E-state index in [0.29, 0.717) is 43.2 Å². The molecule has 1 amide bonds. The molecule has 1 aliphatic heterocycles. The highest BCUT2D eigenvalue weighted by molar-refractivity contribution is 6.31. The molecule has 0 unspecified atom stereocenters. The number of anilines is 1. The normalized spacial score (nSPS) is 17.7. The van der Waals surface area contributed by atoms with Crippen LogP contribution in [0.2, 0.25) is 5.02 Å². The third-order valence-electron chi connectivity index (χ3n) is 6.50. The Morgan fingerprint density at radius 2 is 1.90 bits per heavy atom. The molecule has 5 nitrogen and oxygen atoms in total. The number of carbonyl (C=O) groups excluding carboxylic acids is 1. The summed E-state index contributed by atoms with van der Waals surface area (Å²) in [6.45, 7) is 9.03. The van der Waals surface area contributed by atoms with E-state index in [9.17, 15) is 9.18 Å². The molecular weight excluding hydrogens is 415 g/mol. The predicted molar refractivity (Wildman–Crippen MR) is 121 cm³/mol. The number of hydrogen-bond donors (Lipinski definition) is 0. The Bertz CT molecular complexity index is 950. The van der Waals surface area contributed by atoms with Crippen molar-refractivity contribution in [2.45, 2.75) is 52.4 Å². The van der Waals surface area contributed by atoms with E-state index < -0.39 is 0 Å². The molecule has 0 N–H and O–H groups in total. The van der Waals surface area contributed by atoms with Crippen molar-refractivity contribution in [2.24, 2.45) is 5.92 Å². The van der Waals surface area contributed by atoms with Crippen LogP contribution in [0, 0.1) is 18.7 Å². The zero-order valence-corrected chi connectivity index (χ0v) is 19.3. The number of nitrogens with zero attached hydrogens (tertiary/aromatic N) is 4. The van der Waals surface area contributed by atoms with E-state index in [1.807, 2.05) is 11.8 Å². The molecule has 0 bridgehead atoms. The summed E-state index contributed by atoms with van der Waals surface area (Å²) in [5, 5.41) is 0.413. The maximum absolute atomic E-state index is 14.5. The maximum atomic E-state index is 14.5. The topological polar surface area (TPSA) is 49.3 Å². The van der Waals surface area contributed by atoms with E-state index >= 15 is 0 Å². The molecule has 1 aromatic heterocycles. The summed E-state index contributed by atoms with van der Waals surface area (Å²) in [6, 6.07) is 4.77. The van der Waals surface area contributed by atoms with Gasteiger partial charge in [0.25, 0.3) is 0 Å². The molecule has 2 aliphatic rings. The number of rotatable bonds is 6. The molecule has 1 saturated carbocycles. The Morgan fingerprint density at radius 3 is 2.52 bits per heavy atom. The molecule has 166 valence electrons. The molecule has 1 atom stereocenters. The summed E-state index contributed by atoms with van der Waals surface area (Å²) in [7, 11) is 0. The number of benzene rings is 1. The minimum atomic E-state index is -0.316. The van der Waals surface area contributed by atoms with Gasteiger partial charge in [-0.15, -0.1) is 0 Å². The van der Waals surface area contributed by atoms with Gasteiger partial charge in [0, 0.05) is 66.3 Å². The number of piperazine rings is 1. The van der Waals surface area contributed by atoms with E-state index in [4.69, 9.17) is 21.6 Å². The summed E-state index contributed by atoms with van der Waals surface area (Å²) in [5.41, 5.74) is 2.23. The largest absolute Gasteiger partial charge is 0.353 e. The first-order chi connectivity index (χ1) is 14.9. The Kier molecular flexibility index (Phi) is 6.47. The fraction of sp³-hybridized carbons (Fsp3) is 0.542. The lowest BCUT2D eigenvalue weighted by Crippen LogP contribution is -2.49. The molecule has 31 heavy (non-hydrogen) atoms. The van der Waals surface area contributed by atoms with E-state index in [2.05, 4.69) is 18.7 Å². The molecule has 0 radical (unpaired) electrons. The second-order valence-electron chi connectivity index (χ2n) is 8.74. The molecule has 1 aromatic carbocycles. The van der Waals surface area contributed by atoms with E-state index in [1.165, 1.54) is 6.07 Å². The molecular formula is C24H30ClFN4O. The molecule has 7 heteroatoms. The Morgan fingerprint density at radius 1 is 1.19 bits per heavy atom. The molecule has 2 fully saturated rings. The van der Waals surface area contributed by atoms with Crippen molar-refractivity contribution < 1.29 is 9.18 Å². The van der Waals surface area contributed by atoms with Gasteiger partial charge in [-0.05, 0) is 38.3 Å². The van der Waals surface area contributed by atoms with Crippen LogP contribution >= 0.6 is 11.6 Å². The standard InChI is InChI=1S/C24H30ClFN4O/c1-4-15(2)22-27-16(3)18(14-19-20(25)6-5-7-21(19)26)23(28-22)29-10-12-30(13-11-29)24(31)17-8-9-17/h5-7,15,17H,4,8-14H2,1-3H3/t15-/m1/s1. The van der Waals surface area contributed by atoms with Gasteiger partial charge in [-0.25, -0.2) is 14.4 Å². The molecule has 0 spiro atoms. The Labute approximate surface area is 188 Å². The molecule has 1 aliphatic carbocycles. The van der Waals surface area contributed by atoms with Gasteiger partial charge < -0.3 is 9.80 Å². The molecule has 1 saturated heterocycles. The SMILES string of the molecule is CC[C@@H](C)c1nc(C)c(Cc2c(F)cccc2Cl)c(N2CCN(C(=O)C3CC3)CC2)n1. The van der Waals surface area contributed by atoms with Crippen LogP contribution in [0.1, 0.15) is 61.7 Å².